The standard InChI is InChI=1S/C15H17FN2S/c1-11-9-12(16)7-8-14(11)15(18-17)10-19-13-5-3-2-4-6-13/h2-9,15,18H,10,17H2,1H3. The molecule has 0 aliphatic rings. The highest BCUT2D eigenvalue weighted by molar-refractivity contribution is 7.99. The van der Waals surface area contributed by atoms with Crippen LogP contribution in [0.5, 0.6) is 0 Å². The molecule has 2 rings (SSSR count). The molecule has 0 aliphatic carbocycles. The van der Waals surface area contributed by atoms with Gasteiger partial charge >= 0.3 is 0 Å². The molecule has 0 aromatic heterocycles. The second-order valence-electron chi connectivity index (χ2n) is 4.34. The Morgan fingerprint density at radius 3 is 2.58 bits per heavy atom. The van der Waals surface area contributed by atoms with Gasteiger partial charge in [0.15, 0.2) is 0 Å². The van der Waals surface area contributed by atoms with Gasteiger partial charge in [0.25, 0.3) is 0 Å². The number of nitrogens with two attached hydrogens (primary N) is 1. The number of benzene rings is 2. The third-order valence-corrected chi connectivity index (χ3v) is 4.07. The van der Waals surface area contributed by atoms with Crippen LogP contribution >= 0.6 is 11.8 Å². The number of hydrogen-bond donors (Lipinski definition) is 2. The highest BCUT2D eigenvalue weighted by atomic mass is 32.2. The molecule has 0 aliphatic heterocycles. The molecule has 0 saturated heterocycles. The molecule has 2 aromatic carbocycles. The lowest BCUT2D eigenvalue weighted by Crippen LogP contribution is -2.30. The molecule has 1 unspecified atom stereocenters. The molecular weight excluding hydrogens is 259 g/mol. The zero-order valence-corrected chi connectivity index (χ0v) is 11.6. The summed E-state index contributed by atoms with van der Waals surface area (Å²) in [5.41, 5.74) is 4.75. The summed E-state index contributed by atoms with van der Waals surface area (Å²) in [5, 5.41) is 0. The Morgan fingerprint density at radius 1 is 1.21 bits per heavy atom. The first-order valence-corrected chi connectivity index (χ1v) is 7.09. The molecule has 0 radical (unpaired) electrons. The summed E-state index contributed by atoms with van der Waals surface area (Å²) in [7, 11) is 0. The number of hydrazine groups is 1. The van der Waals surface area contributed by atoms with E-state index in [1.807, 2.05) is 25.1 Å². The van der Waals surface area contributed by atoms with Crippen molar-refractivity contribution in [3.63, 3.8) is 0 Å². The molecule has 3 N–H and O–H groups in total. The first-order chi connectivity index (χ1) is 9.20. The molecule has 4 heteroatoms. The molecular formula is C15H17FN2S. The lowest BCUT2D eigenvalue weighted by molar-refractivity contribution is 0.597. The van der Waals surface area contributed by atoms with E-state index in [9.17, 15) is 4.39 Å². The zero-order chi connectivity index (χ0) is 13.7. The summed E-state index contributed by atoms with van der Waals surface area (Å²) < 4.78 is 13.1. The molecule has 2 nitrogen and oxygen atoms in total. The van der Waals surface area contributed by atoms with Gasteiger partial charge in [-0.3, -0.25) is 11.3 Å². The van der Waals surface area contributed by atoms with Gasteiger partial charge in [-0.1, -0.05) is 24.3 Å². The van der Waals surface area contributed by atoms with Crippen molar-refractivity contribution in [1.82, 2.24) is 5.43 Å². The smallest absolute Gasteiger partial charge is 0.123 e. The summed E-state index contributed by atoms with van der Waals surface area (Å²) in [6.45, 7) is 1.90. The van der Waals surface area contributed by atoms with Gasteiger partial charge in [-0.25, -0.2) is 4.39 Å². The molecule has 0 spiro atoms. The van der Waals surface area contributed by atoms with Crippen LogP contribution in [0.3, 0.4) is 0 Å². The normalized spacial score (nSPS) is 12.4. The summed E-state index contributed by atoms with van der Waals surface area (Å²) in [6.07, 6.45) is 0. The lowest BCUT2D eigenvalue weighted by atomic mass is 10.0. The first kappa shape index (κ1) is 14.1. The van der Waals surface area contributed by atoms with Gasteiger partial charge in [0, 0.05) is 10.6 Å². The summed E-state index contributed by atoms with van der Waals surface area (Å²) >= 11 is 1.72. The molecule has 0 amide bonds. The van der Waals surface area contributed by atoms with Crippen LogP contribution in [0.1, 0.15) is 17.2 Å². The fourth-order valence-electron chi connectivity index (χ4n) is 1.95. The van der Waals surface area contributed by atoms with Crippen LogP contribution in [0.4, 0.5) is 4.39 Å². The lowest BCUT2D eigenvalue weighted by Gasteiger charge is -2.18. The van der Waals surface area contributed by atoms with E-state index < -0.39 is 0 Å². The quantitative estimate of drug-likeness (QED) is 0.499. The molecule has 1 atom stereocenters. The van der Waals surface area contributed by atoms with Crippen molar-refractivity contribution in [2.75, 3.05) is 5.75 Å². The predicted molar refractivity (Wildman–Crippen MR) is 78.4 cm³/mol. The van der Waals surface area contributed by atoms with Crippen LogP contribution in [0.25, 0.3) is 0 Å². The number of halogens is 1. The van der Waals surface area contributed by atoms with Gasteiger partial charge < -0.3 is 0 Å². The minimum absolute atomic E-state index is 0.00538. The predicted octanol–water partition coefficient (Wildman–Crippen LogP) is 3.43. The summed E-state index contributed by atoms with van der Waals surface area (Å²) in [6, 6.07) is 14.9. The summed E-state index contributed by atoms with van der Waals surface area (Å²) in [4.78, 5) is 1.20. The third-order valence-electron chi connectivity index (χ3n) is 2.97. The van der Waals surface area contributed by atoms with Gasteiger partial charge in [-0.2, -0.15) is 0 Å². The Balaban J connectivity index is 2.08. The monoisotopic (exact) mass is 276 g/mol. The van der Waals surface area contributed by atoms with Gasteiger partial charge in [0.2, 0.25) is 0 Å². The van der Waals surface area contributed by atoms with E-state index >= 15 is 0 Å². The van der Waals surface area contributed by atoms with Crippen molar-refractivity contribution in [3.8, 4) is 0 Å². The molecule has 100 valence electrons. The van der Waals surface area contributed by atoms with Crippen molar-refractivity contribution < 1.29 is 4.39 Å². The van der Waals surface area contributed by atoms with E-state index in [4.69, 9.17) is 5.84 Å². The Morgan fingerprint density at radius 2 is 1.95 bits per heavy atom. The van der Waals surface area contributed by atoms with Crippen LogP contribution < -0.4 is 11.3 Å². The second kappa shape index (κ2) is 6.70. The van der Waals surface area contributed by atoms with E-state index in [1.54, 1.807) is 17.8 Å². The fourth-order valence-corrected chi connectivity index (χ4v) is 2.94. The van der Waals surface area contributed by atoms with Crippen LogP contribution in [-0.2, 0) is 0 Å². The van der Waals surface area contributed by atoms with E-state index in [-0.39, 0.29) is 11.9 Å². The second-order valence-corrected chi connectivity index (χ2v) is 5.44. The molecule has 19 heavy (non-hydrogen) atoms. The number of nitrogens with one attached hydrogen (secondary N) is 1. The Hall–Kier alpha value is -1.36. The Labute approximate surface area is 117 Å². The maximum absolute atomic E-state index is 13.1. The average molecular weight is 276 g/mol. The molecule has 0 fully saturated rings. The van der Waals surface area contributed by atoms with Gasteiger partial charge in [-0.05, 0) is 42.3 Å². The van der Waals surface area contributed by atoms with Crippen molar-refractivity contribution in [2.45, 2.75) is 17.9 Å². The van der Waals surface area contributed by atoms with Crippen LogP contribution in [0.2, 0.25) is 0 Å². The zero-order valence-electron chi connectivity index (χ0n) is 10.8. The average Bonchev–Trinajstić information content (AvgIpc) is 2.42. The molecule has 0 heterocycles. The van der Waals surface area contributed by atoms with E-state index in [0.717, 1.165) is 16.9 Å². The van der Waals surface area contributed by atoms with Crippen molar-refractivity contribution in [3.05, 3.63) is 65.5 Å². The molecule has 2 aromatic rings. The number of thioether (sulfide) groups is 1. The highest BCUT2D eigenvalue weighted by Gasteiger charge is 2.13. The Bertz CT molecular complexity index is 531. The maximum atomic E-state index is 13.1. The molecule has 0 saturated carbocycles. The largest absolute Gasteiger partial charge is 0.271 e. The number of aryl methyl sites for hydroxylation is 1. The topological polar surface area (TPSA) is 38.0 Å². The third kappa shape index (κ3) is 3.80. The van der Waals surface area contributed by atoms with Gasteiger partial charge in [-0.15, -0.1) is 11.8 Å². The van der Waals surface area contributed by atoms with Crippen molar-refractivity contribution >= 4 is 11.8 Å². The maximum Gasteiger partial charge on any atom is 0.123 e. The summed E-state index contributed by atoms with van der Waals surface area (Å²) in [5.74, 6) is 6.20. The van der Waals surface area contributed by atoms with Gasteiger partial charge in [0.05, 0.1) is 6.04 Å². The minimum Gasteiger partial charge on any atom is -0.271 e. The highest BCUT2D eigenvalue weighted by Crippen LogP contribution is 2.26. The fraction of sp³-hybridized carbons (Fsp3) is 0.200. The van der Waals surface area contributed by atoms with E-state index in [1.165, 1.54) is 17.0 Å². The number of hydrogen-bond acceptors (Lipinski definition) is 3. The minimum atomic E-state index is -0.215. The van der Waals surface area contributed by atoms with Crippen LogP contribution in [0.15, 0.2) is 53.4 Å². The van der Waals surface area contributed by atoms with E-state index in [0.29, 0.717) is 0 Å². The Kier molecular flexibility index (Phi) is 4.96. The molecule has 0 bridgehead atoms. The van der Waals surface area contributed by atoms with Crippen LogP contribution in [-0.4, -0.2) is 5.75 Å². The van der Waals surface area contributed by atoms with Crippen LogP contribution in [0, 0.1) is 12.7 Å². The van der Waals surface area contributed by atoms with E-state index in [2.05, 4.69) is 17.6 Å². The first-order valence-electron chi connectivity index (χ1n) is 6.10. The van der Waals surface area contributed by atoms with Gasteiger partial charge in [0.1, 0.15) is 5.82 Å². The van der Waals surface area contributed by atoms with Crippen molar-refractivity contribution in [2.24, 2.45) is 5.84 Å². The van der Waals surface area contributed by atoms with Crippen molar-refractivity contribution in [1.29, 1.82) is 0 Å². The SMILES string of the molecule is Cc1cc(F)ccc1C(CSc1ccccc1)NN. The number of rotatable bonds is 5.